The van der Waals surface area contributed by atoms with Gasteiger partial charge in [0.1, 0.15) is 18.0 Å². The third-order valence-corrected chi connectivity index (χ3v) is 3.02. The van der Waals surface area contributed by atoms with Gasteiger partial charge >= 0.3 is 0 Å². The fraction of sp³-hybridized carbons (Fsp3) is 0.429. The molecule has 0 aliphatic carbocycles. The van der Waals surface area contributed by atoms with Crippen LogP contribution in [0, 0.1) is 12.7 Å². The SMILES string of the molecule is CCCn1ncnc1CC(O)c1cc(C)ccc1F. The van der Waals surface area contributed by atoms with Crippen molar-refractivity contribution in [3.8, 4) is 0 Å². The molecule has 102 valence electrons. The molecule has 1 atom stereocenters. The lowest BCUT2D eigenvalue weighted by atomic mass is 10.0. The van der Waals surface area contributed by atoms with Crippen LogP contribution in [0.25, 0.3) is 0 Å². The Morgan fingerprint density at radius 2 is 2.21 bits per heavy atom. The van der Waals surface area contributed by atoms with Gasteiger partial charge in [0.05, 0.1) is 6.10 Å². The van der Waals surface area contributed by atoms with Crippen LogP contribution in [0.5, 0.6) is 0 Å². The molecular weight excluding hydrogens is 245 g/mol. The molecule has 1 N–H and O–H groups in total. The minimum atomic E-state index is -0.903. The lowest BCUT2D eigenvalue weighted by Crippen LogP contribution is -2.11. The van der Waals surface area contributed by atoms with Gasteiger partial charge in [0.2, 0.25) is 0 Å². The van der Waals surface area contributed by atoms with Crippen LogP contribution in [0.4, 0.5) is 4.39 Å². The summed E-state index contributed by atoms with van der Waals surface area (Å²) in [5.41, 5.74) is 1.23. The standard InChI is InChI=1S/C14H18FN3O/c1-3-6-18-14(16-9-17-18)8-13(19)11-7-10(2)4-5-12(11)15/h4-5,7,9,13,19H,3,6,8H2,1-2H3. The van der Waals surface area contributed by atoms with E-state index in [0.29, 0.717) is 11.4 Å². The van der Waals surface area contributed by atoms with E-state index in [1.807, 2.05) is 13.8 Å². The molecule has 0 amide bonds. The maximum absolute atomic E-state index is 13.7. The van der Waals surface area contributed by atoms with Crippen LogP contribution in [0.2, 0.25) is 0 Å². The molecule has 0 fully saturated rings. The average molecular weight is 263 g/mol. The third-order valence-electron chi connectivity index (χ3n) is 3.02. The molecule has 1 aromatic carbocycles. The summed E-state index contributed by atoms with van der Waals surface area (Å²) in [7, 11) is 0. The van der Waals surface area contributed by atoms with Crippen LogP contribution in [0.1, 0.15) is 36.4 Å². The molecule has 1 aromatic heterocycles. The smallest absolute Gasteiger partial charge is 0.138 e. The minimum Gasteiger partial charge on any atom is -0.388 e. The molecule has 0 saturated heterocycles. The highest BCUT2D eigenvalue weighted by atomic mass is 19.1. The van der Waals surface area contributed by atoms with Gasteiger partial charge in [0.25, 0.3) is 0 Å². The molecule has 0 radical (unpaired) electrons. The number of hydrogen-bond donors (Lipinski definition) is 1. The normalized spacial score (nSPS) is 12.6. The van der Waals surface area contributed by atoms with Crippen molar-refractivity contribution in [2.45, 2.75) is 39.3 Å². The van der Waals surface area contributed by atoms with Crippen molar-refractivity contribution >= 4 is 0 Å². The van der Waals surface area contributed by atoms with Gasteiger partial charge in [-0.25, -0.2) is 9.37 Å². The first kappa shape index (κ1) is 13.7. The van der Waals surface area contributed by atoms with Gasteiger partial charge in [-0.15, -0.1) is 0 Å². The molecule has 0 saturated carbocycles. The van der Waals surface area contributed by atoms with Crippen molar-refractivity contribution in [2.24, 2.45) is 0 Å². The summed E-state index contributed by atoms with van der Waals surface area (Å²) in [5.74, 6) is 0.287. The van der Waals surface area contributed by atoms with E-state index in [1.54, 1.807) is 16.8 Å². The zero-order valence-electron chi connectivity index (χ0n) is 11.2. The minimum absolute atomic E-state index is 0.264. The van der Waals surface area contributed by atoms with Crippen molar-refractivity contribution in [2.75, 3.05) is 0 Å². The van der Waals surface area contributed by atoms with Gasteiger partial charge in [0, 0.05) is 18.5 Å². The number of aliphatic hydroxyl groups excluding tert-OH is 1. The maximum Gasteiger partial charge on any atom is 0.138 e. The second-order valence-corrected chi connectivity index (χ2v) is 4.64. The summed E-state index contributed by atoms with van der Waals surface area (Å²) in [5, 5.41) is 14.3. The molecule has 0 bridgehead atoms. The zero-order valence-corrected chi connectivity index (χ0v) is 11.2. The molecule has 1 heterocycles. The fourth-order valence-electron chi connectivity index (χ4n) is 2.05. The van der Waals surface area contributed by atoms with E-state index in [4.69, 9.17) is 0 Å². The number of nitrogens with zero attached hydrogens (tertiary/aromatic N) is 3. The summed E-state index contributed by atoms with van der Waals surface area (Å²) in [6, 6.07) is 4.73. The molecule has 4 nitrogen and oxygen atoms in total. The van der Waals surface area contributed by atoms with E-state index in [9.17, 15) is 9.50 Å². The molecule has 0 aliphatic rings. The van der Waals surface area contributed by atoms with Crippen LogP contribution in [0.15, 0.2) is 24.5 Å². The second-order valence-electron chi connectivity index (χ2n) is 4.64. The van der Waals surface area contributed by atoms with Crippen LogP contribution >= 0.6 is 0 Å². The first-order valence-electron chi connectivity index (χ1n) is 6.42. The lowest BCUT2D eigenvalue weighted by molar-refractivity contribution is 0.169. The number of halogens is 1. The summed E-state index contributed by atoms with van der Waals surface area (Å²) in [4.78, 5) is 4.12. The summed E-state index contributed by atoms with van der Waals surface area (Å²) >= 11 is 0. The Labute approximate surface area is 111 Å². The van der Waals surface area contributed by atoms with E-state index in [0.717, 1.165) is 18.5 Å². The van der Waals surface area contributed by atoms with Gasteiger partial charge in [-0.1, -0.05) is 24.6 Å². The first-order valence-corrected chi connectivity index (χ1v) is 6.42. The van der Waals surface area contributed by atoms with E-state index < -0.39 is 6.10 Å². The van der Waals surface area contributed by atoms with E-state index in [1.165, 1.54) is 12.4 Å². The van der Waals surface area contributed by atoms with Crippen LogP contribution in [0.3, 0.4) is 0 Å². The fourth-order valence-corrected chi connectivity index (χ4v) is 2.05. The van der Waals surface area contributed by atoms with Crippen LogP contribution in [-0.4, -0.2) is 19.9 Å². The number of rotatable bonds is 5. The third kappa shape index (κ3) is 3.17. The predicted octanol–water partition coefficient (Wildman–Crippen LogP) is 2.41. The van der Waals surface area contributed by atoms with Gasteiger partial charge in [-0.3, -0.25) is 4.68 Å². The van der Waals surface area contributed by atoms with Gasteiger partial charge in [0.15, 0.2) is 0 Å². The first-order chi connectivity index (χ1) is 9.11. The summed E-state index contributed by atoms with van der Waals surface area (Å²) in [6.45, 7) is 4.66. The molecule has 0 aliphatic heterocycles. The Morgan fingerprint density at radius 1 is 1.42 bits per heavy atom. The van der Waals surface area contributed by atoms with Crippen LogP contribution < -0.4 is 0 Å². The highest BCUT2D eigenvalue weighted by molar-refractivity contribution is 5.26. The monoisotopic (exact) mass is 263 g/mol. The number of hydrogen-bond acceptors (Lipinski definition) is 3. The van der Waals surface area contributed by atoms with Crippen LogP contribution in [-0.2, 0) is 13.0 Å². The average Bonchev–Trinajstić information content (AvgIpc) is 2.80. The second kappa shape index (κ2) is 5.93. The highest BCUT2D eigenvalue weighted by Crippen LogP contribution is 2.21. The number of aromatic nitrogens is 3. The molecule has 5 heteroatoms. The molecule has 1 unspecified atom stereocenters. The maximum atomic E-state index is 13.7. The summed E-state index contributed by atoms with van der Waals surface area (Å²) in [6.07, 6.45) is 1.76. The Balaban J connectivity index is 2.18. The topological polar surface area (TPSA) is 50.9 Å². The van der Waals surface area contributed by atoms with Crippen molar-refractivity contribution in [1.29, 1.82) is 0 Å². The van der Waals surface area contributed by atoms with E-state index in [2.05, 4.69) is 10.1 Å². The zero-order chi connectivity index (χ0) is 13.8. The Hall–Kier alpha value is -1.75. The van der Waals surface area contributed by atoms with Gasteiger partial charge in [-0.05, 0) is 19.4 Å². The largest absolute Gasteiger partial charge is 0.388 e. The molecule has 0 spiro atoms. The number of benzene rings is 1. The number of aliphatic hydroxyl groups is 1. The quantitative estimate of drug-likeness (QED) is 0.901. The molecule has 2 aromatic rings. The van der Waals surface area contributed by atoms with Gasteiger partial charge in [-0.2, -0.15) is 5.10 Å². The molecule has 19 heavy (non-hydrogen) atoms. The highest BCUT2D eigenvalue weighted by Gasteiger charge is 2.16. The van der Waals surface area contributed by atoms with Gasteiger partial charge < -0.3 is 5.11 Å². The Morgan fingerprint density at radius 3 is 2.95 bits per heavy atom. The Kier molecular flexibility index (Phi) is 4.27. The van der Waals surface area contributed by atoms with Crippen molar-refractivity contribution in [3.05, 3.63) is 47.3 Å². The summed E-state index contributed by atoms with van der Waals surface area (Å²) < 4.78 is 15.4. The molecule has 2 rings (SSSR count). The van der Waals surface area contributed by atoms with E-state index >= 15 is 0 Å². The van der Waals surface area contributed by atoms with Crippen molar-refractivity contribution < 1.29 is 9.50 Å². The molecular formula is C14H18FN3O. The van der Waals surface area contributed by atoms with E-state index in [-0.39, 0.29) is 12.2 Å². The number of aryl methyl sites for hydroxylation is 2. The van der Waals surface area contributed by atoms with Crippen molar-refractivity contribution in [3.63, 3.8) is 0 Å². The predicted molar refractivity (Wildman–Crippen MR) is 70.1 cm³/mol. The Bertz CT molecular complexity index is 553. The van der Waals surface area contributed by atoms with Crippen molar-refractivity contribution in [1.82, 2.24) is 14.8 Å². The lowest BCUT2D eigenvalue weighted by Gasteiger charge is -2.13.